The number of benzene rings is 2. The third-order valence-corrected chi connectivity index (χ3v) is 4.32. The molecule has 0 aliphatic carbocycles. The molecule has 0 saturated heterocycles. The number of carbonyl (C=O) groups excluding carboxylic acids is 1. The Bertz CT molecular complexity index is 1130. The van der Waals surface area contributed by atoms with Crippen LogP contribution >= 0.6 is 0 Å². The zero-order valence-corrected chi connectivity index (χ0v) is 16.3. The lowest BCUT2D eigenvalue weighted by molar-refractivity contribution is -0.116. The van der Waals surface area contributed by atoms with Crippen molar-refractivity contribution in [1.29, 1.82) is 0 Å². The van der Waals surface area contributed by atoms with Gasteiger partial charge in [-0.3, -0.25) is 9.48 Å². The van der Waals surface area contributed by atoms with Gasteiger partial charge in [0.15, 0.2) is 0 Å². The molecule has 1 amide bonds. The third-order valence-electron chi connectivity index (χ3n) is 4.32. The number of nitrogens with one attached hydrogen (secondary N) is 2. The summed E-state index contributed by atoms with van der Waals surface area (Å²) in [4.78, 5) is 20.8. The molecular weight excluding hydrogens is 380 g/mol. The summed E-state index contributed by atoms with van der Waals surface area (Å²) in [5.41, 5.74) is 3.25. The fourth-order valence-corrected chi connectivity index (χ4v) is 2.88. The zero-order chi connectivity index (χ0) is 20.8. The highest BCUT2D eigenvalue weighted by molar-refractivity contribution is 5.90. The Morgan fingerprint density at radius 1 is 1.03 bits per heavy atom. The molecule has 0 radical (unpaired) electrons. The van der Waals surface area contributed by atoms with E-state index in [1.807, 2.05) is 36.4 Å². The molecule has 150 valence electrons. The van der Waals surface area contributed by atoms with Gasteiger partial charge in [-0.25, -0.2) is 9.97 Å². The van der Waals surface area contributed by atoms with E-state index >= 15 is 0 Å². The van der Waals surface area contributed by atoms with Crippen molar-refractivity contribution in [3.8, 4) is 17.0 Å². The Morgan fingerprint density at radius 3 is 2.60 bits per heavy atom. The van der Waals surface area contributed by atoms with Crippen molar-refractivity contribution >= 4 is 23.1 Å². The van der Waals surface area contributed by atoms with E-state index in [0.29, 0.717) is 11.5 Å². The summed E-state index contributed by atoms with van der Waals surface area (Å²) in [5.74, 6) is 1.20. The van der Waals surface area contributed by atoms with Crippen LogP contribution in [-0.4, -0.2) is 32.8 Å². The van der Waals surface area contributed by atoms with Crippen LogP contribution in [0, 0.1) is 0 Å². The van der Waals surface area contributed by atoms with E-state index in [9.17, 15) is 4.79 Å². The van der Waals surface area contributed by atoms with Gasteiger partial charge in [0.2, 0.25) is 5.91 Å². The monoisotopic (exact) mass is 400 g/mol. The molecule has 2 aromatic carbocycles. The van der Waals surface area contributed by atoms with Crippen molar-refractivity contribution in [1.82, 2.24) is 19.7 Å². The minimum absolute atomic E-state index is 0.0900. The van der Waals surface area contributed by atoms with E-state index in [1.165, 1.54) is 6.33 Å². The van der Waals surface area contributed by atoms with Crippen LogP contribution in [0.2, 0.25) is 0 Å². The third kappa shape index (κ3) is 4.79. The normalized spacial score (nSPS) is 10.4. The highest BCUT2D eigenvalue weighted by Gasteiger charge is 2.07. The first-order valence-corrected chi connectivity index (χ1v) is 9.30. The van der Waals surface area contributed by atoms with Gasteiger partial charge in [0, 0.05) is 23.5 Å². The Hall–Kier alpha value is -4.20. The van der Waals surface area contributed by atoms with E-state index in [4.69, 9.17) is 4.74 Å². The molecule has 0 spiro atoms. The van der Waals surface area contributed by atoms with E-state index in [2.05, 4.69) is 25.7 Å². The Labute approximate surface area is 173 Å². The highest BCUT2D eigenvalue weighted by Crippen LogP contribution is 2.20. The number of anilines is 3. The molecule has 0 saturated carbocycles. The lowest BCUT2D eigenvalue weighted by atomic mass is 10.1. The van der Waals surface area contributed by atoms with Crippen LogP contribution in [0.3, 0.4) is 0 Å². The highest BCUT2D eigenvalue weighted by atomic mass is 16.5. The fraction of sp³-hybridized carbons (Fsp3) is 0.0909. The van der Waals surface area contributed by atoms with Crippen molar-refractivity contribution in [2.24, 2.45) is 0 Å². The van der Waals surface area contributed by atoms with Crippen molar-refractivity contribution in [2.75, 3.05) is 17.7 Å². The molecule has 4 aromatic rings. The number of hydrogen-bond acceptors (Lipinski definition) is 6. The van der Waals surface area contributed by atoms with Crippen LogP contribution in [0.1, 0.15) is 0 Å². The molecule has 4 rings (SSSR count). The Balaban J connectivity index is 1.37. The van der Waals surface area contributed by atoms with Gasteiger partial charge in [-0.05, 0) is 24.3 Å². The smallest absolute Gasteiger partial charge is 0.246 e. The van der Waals surface area contributed by atoms with Gasteiger partial charge in [-0.2, -0.15) is 5.10 Å². The van der Waals surface area contributed by atoms with Gasteiger partial charge in [0.25, 0.3) is 0 Å². The van der Waals surface area contributed by atoms with Crippen LogP contribution in [-0.2, 0) is 11.3 Å². The molecule has 0 unspecified atom stereocenters. The number of nitrogens with zero attached hydrogens (tertiary/aromatic N) is 4. The molecule has 0 aliphatic heterocycles. The molecule has 0 aliphatic rings. The van der Waals surface area contributed by atoms with E-state index in [0.717, 1.165) is 22.7 Å². The number of methoxy groups -OCH3 is 1. The van der Waals surface area contributed by atoms with E-state index in [1.54, 1.807) is 48.5 Å². The summed E-state index contributed by atoms with van der Waals surface area (Å²) in [6, 6.07) is 18.9. The van der Waals surface area contributed by atoms with Gasteiger partial charge in [0.05, 0.1) is 24.7 Å². The summed E-state index contributed by atoms with van der Waals surface area (Å²) in [6.45, 7) is 0.0900. The van der Waals surface area contributed by atoms with Crippen LogP contribution < -0.4 is 15.4 Å². The Kier molecular flexibility index (Phi) is 5.66. The fourth-order valence-electron chi connectivity index (χ4n) is 2.88. The first-order chi connectivity index (χ1) is 14.7. The van der Waals surface area contributed by atoms with Crippen molar-refractivity contribution in [3.05, 3.63) is 79.4 Å². The van der Waals surface area contributed by atoms with Crippen molar-refractivity contribution in [2.45, 2.75) is 6.54 Å². The average Bonchev–Trinajstić information content (AvgIpc) is 3.21. The summed E-state index contributed by atoms with van der Waals surface area (Å²) in [5, 5.41) is 10.3. The molecule has 2 aromatic heterocycles. The van der Waals surface area contributed by atoms with Crippen LogP contribution in [0.4, 0.5) is 17.2 Å². The minimum Gasteiger partial charge on any atom is -0.497 e. The van der Waals surface area contributed by atoms with E-state index in [-0.39, 0.29) is 12.5 Å². The molecule has 8 heteroatoms. The van der Waals surface area contributed by atoms with Crippen molar-refractivity contribution in [3.63, 3.8) is 0 Å². The summed E-state index contributed by atoms with van der Waals surface area (Å²) in [7, 11) is 1.60. The van der Waals surface area contributed by atoms with E-state index < -0.39 is 0 Å². The number of hydrogen-bond donors (Lipinski definition) is 2. The first kappa shape index (κ1) is 19.1. The average molecular weight is 400 g/mol. The summed E-state index contributed by atoms with van der Waals surface area (Å²) in [6.07, 6.45) is 4.90. The predicted octanol–water partition coefficient (Wildman–Crippen LogP) is 3.73. The topological polar surface area (TPSA) is 94.0 Å². The second kappa shape index (κ2) is 8.87. The number of carbonyl (C=O) groups is 1. The van der Waals surface area contributed by atoms with Gasteiger partial charge in [-0.1, -0.05) is 30.3 Å². The van der Waals surface area contributed by atoms with Gasteiger partial charge >= 0.3 is 0 Å². The molecule has 0 atom stereocenters. The number of aromatic nitrogens is 4. The first-order valence-electron chi connectivity index (χ1n) is 9.30. The van der Waals surface area contributed by atoms with Crippen LogP contribution in [0.25, 0.3) is 11.3 Å². The molecule has 0 fully saturated rings. The SMILES string of the molecule is COc1ccc(NC(=O)Cn2cc(Nc3cc(-c4ccccc4)ncn3)cn2)cc1. The number of ether oxygens (including phenoxy) is 1. The summed E-state index contributed by atoms with van der Waals surface area (Å²) >= 11 is 0. The second-order valence-corrected chi connectivity index (χ2v) is 6.48. The van der Waals surface area contributed by atoms with Gasteiger partial charge < -0.3 is 15.4 Å². The summed E-state index contributed by atoms with van der Waals surface area (Å²) < 4.78 is 6.67. The molecule has 0 bridgehead atoms. The van der Waals surface area contributed by atoms with Crippen molar-refractivity contribution < 1.29 is 9.53 Å². The standard InChI is InChI=1S/C22H20N6O2/c1-30-19-9-7-17(8-10-19)27-22(29)14-28-13-18(12-25-28)26-21-11-20(23-15-24-21)16-5-3-2-4-6-16/h2-13,15H,14H2,1H3,(H,27,29)(H,23,24,26). The maximum Gasteiger partial charge on any atom is 0.246 e. The largest absolute Gasteiger partial charge is 0.497 e. The number of rotatable bonds is 7. The van der Waals surface area contributed by atoms with Crippen LogP contribution in [0.15, 0.2) is 79.4 Å². The molecule has 2 heterocycles. The van der Waals surface area contributed by atoms with Gasteiger partial charge in [-0.15, -0.1) is 0 Å². The number of amides is 1. The Morgan fingerprint density at radius 2 is 1.83 bits per heavy atom. The minimum atomic E-state index is -0.178. The second-order valence-electron chi connectivity index (χ2n) is 6.48. The molecular formula is C22H20N6O2. The molecule has 8 nitrogen and oxygen atoms in total. The molecule has 2 N–H and O–H groups in total. The quantitative estimate of drug-likeness (QED) is 0.491. The van der Waals surface area contributed by atoms with Crippen LogP contribution in [0.5, 0.6) is 5.75 Å². The maximum absolute atomic E-state index is 12.3. The zero-order valence-electron chi connectivity index (χ0n) is 16.3. The lowest BCUT2D eigenvalue weighted by Gasteiger charge is -2.06. The maximum atomic E-state index is 12.3. The lowest BCUT2D eigenvalue weighted by Crippen LogP contribution is -2.18. The predicted molar refractivity (Wildman–Crippen MR) is 115 cm³/mol. The van der Waals surface area contributed by atoms with Gasteiger partial charge in [0.1, 0.15) is 24.4 Å². The molecule has 30 heavy (non-hydrogen) atoms.